The fourth-order valence-corrected chi connectivity index (χ4v) is 2.22. The van der Waals surface area contributed by atoms with E-state index in [1.807, 2.05) is 0 Å². The zero-order valence-electron chi connectivity index (χ0n) is 10.7. The highest BCUT2D eigenvalue weighted by Gasteiger charge is 2.38. The van der Waals surface area contributed by atoms with E-state index in [4.69, 9.17) is 10.8 Å². The van der Waals surface area contributed by atoms with Crippen LogP contribution in [0.15, 0.2) is 18.2 Å². The van der Waals surface area contributed by atoms with Gasteiger partial charge in [-0.3, -0.25) is 4.90 Å². The quantitative estimate of drug-likeness (QED) is 0.817. The first-order chi connectivity index (χ1) is 9.28. The second kappa shape index (κ2) is 5.32. The molecule has 0 bridgehead atoms. The van der Waals surface area contributed by atoms with Crippen molar-refractivity contribution >= 4 is 11.7 Å². The van der Waals surface area contributed by atoms with E-state index in [-0.39, 0.29) is 23.8 Å². The number of anilines is 1. The fraction of sp³-hybridized carbons (Fsp3) is 0.462. The minimum Gasteiger partial charge on any atom is -0.478 e. The lowest BCUT2D eigenvalue weighted by atomic mass is 10.0. The highest BCUT2D eigenvalue weighted by molar-refractivity contribution is 5.95. The van der Waals surface area contributed by atoms with Crippen LogP contribution in [-0.2, 0) is 6.54 Å². The molecular formula is C13H15F3N2O2. The Labute approximate surface area is 114 Å². The van der Waals surface area contributed by atoms with Gasteiger partial charge in [-0.15, -0.1) is 0 Å². The molecule has 110 valence electrons. The number of aromatic carboxylic acids is 1. The second-order valence-corrected chi connectivity index (χ2v) is 4.94. The van der Waals surface area contributed by atoms with Gasteiger partial charge in [0, 0.05) is 18.3 Å². The minimum absolute atomic E-state index is 0.0587. The van der Waals surface area contributed by atoms with Gasteiger partial charge < -0.3 is 10.8 Å². The SMILES string of the molecule is Nc1cccc(CN(CC(F)(F)F)C2CC2)c1C(=O)O. The van der Waals surface area contributed by atoms with Crippen molar-refractivity contribution in [3.63, 3.8) is 0 Å². The van der Waals surface area contributed by atoms with Crippen LogP contribution in [0.25, 0.3) is 0 Å². The van der Waals surface area contributed by atoms with Crippen LogP contribution in [0, 0.1) is 0 Å². The fourth-order valence-electron chi connectivity index (χ4n) is 2.22. The molecule has 2 rings (SSSR count). The molecule has 4 nitrogen and oxygen atoms in total. The van der Waals surface area contributed by atoms with E-state index < -0.39 is 18.7 Å². The average Bonchev–Trinajstić information content (AvgIpc) is 3.09. The Morgan fingerprint density at radius 2 is 2.05 bits per heavy atom. The number of carbonyl (C=O) groups is 1. The number of carboxylic acids is 1. The maximum absolute atomic E-state index is 12.6. The Bertz CT molecular complexity index is 513. The van der Waals surface area contributed by atoms with Crippen molar-refractivity contribution in [3.05, 3.63) is 29.3 Å². The molecular weight excluding hydrogens is 273 g/mol. The highest BCUT2D eigenvalue weighted by Crippen LogP contribution is 2.32. The Balaban J connectivity index is 2.23. The van der Waals surface area contributed by atoms with E-state index >= 15 is 0 Å². The standard InChI is InChI=1S/C13H15F3N2O2/c14-13(15,16)7-18(9-4-5-9)6-8-2-1-3-10(17)11(8)12(19)20/h1-3,9H,4-7,17H2,(H,19,20). The van der Waals surface area contributed by atoms with Gasteiger partial charge in [0.1, 0.15) is 0 Å². The second-order valence-electron chi connectivity index (χ2n) is 4.94. The number of nitrogen functional groups attached to an aromatic ring is 1. The Kier molecular flexibility index (Phi) is 3.89. The maximum atomic E-state index is 12.6. The summed E-state index contributed by atoms with van der Waals surface area (Å²) in [4.78, 5) is 12.4. The van der Waals surface area contributed by atoms with E-state index in [9.17, 15) is 18.0 Å². The molecule has 3 N–H and O–H groups in total. The van der Waals surface area contributed by atoms with Gasteiger partial charge >= 0.3 is 12.1 Å². The summed E-state index contributed by atoms with van der Waals surface area (Å²) >= 11 is 0. The Morgan fingerprint density at radius 3 is 2.55 bits per heavy atom. The van der Waals surface area contributed by atoms with Gasteiger partial charge in [-0.05, 0) is 24.5 Å². The summed E-state index contributed by atoms with van der Waals surface area (Å²) in [5.74, 6) is -1.22. The number of nitrogens with zero attached hydrogens (tertiary/aromatic N) is 1. The summed E-state index contributed by atoms with van der Waals surface area (Å²) in [6.45, 7) is -1.09. The van der Waals surface area contributed by atoms with Gasteiger partial charge in [-0.25, -0.2) is 4.79 Å². The molecule has 1 aliphatic carbocycles. The molecule has 0 heterocycles. The van der Waals surface area contributed by atoms with Crippen molar-refractivity contribution in [2.24, 2.45) is 0 Å². The lowest BCUT2D eigenvalue weighted by Crippen LogP contribution is -2.35. The van der Waals surface area contributed by atoms with Crippen molar-refractivity contribution < 1.29 is 23.1 Å². The first kappa shape index (κ1) is 14.6. The van der Waals surface area contributed by atoms with Crippen LogP contribution in [0.1, 0.15) is 28.8 Å². The third-order valence-corrected chi connectivity index (χ3v) is 3.22. The molecule has 1 saturated carbocycles. The molecule has 20 heavy (non-hydrogen) atoms. The molecule has 7 heteroatoms. The highest BCUT2D eigenvalue weighted by atomic mass is 19.4. The number of carboxylic acid groups (broad SMARTS) is 1. The lowest BCUT2D eigenvalue weighted by Gasteiger charge is -2.24. The van der Waals surface area contributed by atoms with Crippen molar-refractivity contribution in [1.82, 2.24) is 4.90 Å². The van der Waals surface area contributed by atoms with Crippen LogP contribution in [0.3, 0.4) is 0 Å². The summed E-state index contributed by atoms with van der Waals surface area (Å²) in [6, 6.07) is 4.36. The van der Waals surface area contributed by atoms with Gasteiger partial charge in [0.15, 0.2) is 0 Å². The molecule has 1 aromatic carbocycles. The molecule has 0 spiro atoms. The van der Waals surface area contributed by atoms with Crippen LogP contribution in [0.5, 0.6) is 0 Å². The summed E-state index contributed by atoms with van der Waals surface area (Å²) in [6.07, 6.45) is -2.88. The number of hydrogen-bond acceptors (Lipinski definition) is 3. The Hall–Kier alpha value is -1.76. The van der Waals surface area contributed by atoms with E-state index in [1.165, 1.54) is 17.0 Å². The van der Waals surface area contributed by atoms with Crippen molar-refractivity contribution in [1.29, 1.82) is 0 Å². The van der Waals surface area contributed by atoms with Gasteiger partial charge in [0.25, 0.3) is 0 Å². The Morgan fingerprint density at radius 1 is 1.40 bits per heavy atom. The monoisotopic (exact) mass is 288 g/mol. The number of nitrogens with two attached hydrogens (primary N) is 1. The molecule has 0 aromatic heterocycles. The minimum atomic E-state index is -4.30. The molecule has 1 aliphatic rings. The zero-order valence-corrected chi connectivity index (χ0v) is 10.7. The molecule has 0 radical (unpaired) electrons. The molecule has 1 aromatic rings. The van der Waals surface area contributed by atoms with Crippen LogP contribution < -0.4 is 5.73 Å². The van der Waals surface area contributed by atoms with Crippen LogP contribution in [0.2, 0.25) is 0 Å². The molecule has 0 atom stereocenters. The number of hydrogen-bond donors (Lipinski definition) is 2. The van der Waals surface area contributed by atoms with Gasteiger partial charge in [0.05, 0.1) is 12.1 Å². The zero-order chi connectivity index (χ0) is 14.9. The first-order valence-electron chi connectivity index (χ1n) is 6.19. The number of rotatable bonds is 5. The third-order valence-electron chi connectivity index (χ3n) is 3.22. The lowest BCUT2D eigenvalue weighted by molar-refractivity contribution is -0.148. The maximum Gasteiger partial charge on any atom is 0.401 e. The summed E-state index contributed by atoms with van der Waals surface area (Å²) < 4.78 is 37.7. The van der Waals surface area contributed by atoms with E-state index in [1.54, 1.807) is 6.07 Å². The van der Waals surface area contributed by atoms with Crippen LogP contribution in [0.4, 0.5) is 18.9 Å². The van der Waals surface area contributed by atoms with Gasteiger partial charge in [0.2, 0.25) is 0 Å². The van der Waals surface area contributed by atoms with Crippen LogP contribution in [-0.4, -0.2) is 34.7 Å². The number of benzene rings is 1. The average molecular weight is 288 g/mol. The number of alkyl halides is 3. The van der Waals surface area contributed by atoms with E-state index in [0.717, 1.165) is 0 Å². The number of halogens is 3. The van der Waals surface area contributed by atoms with E-state index in [2.05, 4.69) is 0 Å². The summed E-state index contributed by atoms with van der Waals surface area (Å²) in [5.41, 5.74) is 5.87. The first-order valence-corrected chi connectivity index (χ1v) is 6.19. The molecule has 0 saturated heterocycles. The molecule has 1 fully saturated rings. The summed E-state index contributed by atoms with van der Waals surface area (Å²) in [7, 11) is 0. The smallest absolute Gasteiger partial charge is 0.401 e. The van der Waals surface area contributed by atoms with Crippen molar-refractivity contribution in [3.8, 4) is 0 Å². The van der Waals surface area contributed by atoms with Crippen LogP contribution >= 0.6 is 0 Å². The molecule has 0 aliphatic heterocycles. The van der Waals surface area contributed by atoms with Gasteiger partial charge in [-0.1, -0.05) is 12.1 Å². The normalized spacial score (nSPS) is 15.6. The predicted octanol–water partition coefficient (Wildman–Crippen LogP) is 2.49. The van der Waals surface area contributed by atoms with Gasteiger partial charge in [-0.2, -0.15) is 13.2 Å². The summed E-state index contributed by atoms with van der Waals surface area (Å²) in [5, 5.41) is 9.13. The molecule has 0 unspecified atom stereocenters. The van der Waals surface area contributed by atoms with Crippen molar-refractivity contribution in [2.45, 2.75) is 31.6 Å². The molecule has 0 amide bonds. The third kappa shape index (κ3) is 3.63. The van der Waals surface area contributed by atoms with Crippen molar-refractivity contribution in [2.75, 3.05) is 12.3 Å². The predicted molar refractivity (Wildman–Crippen MR) is 67.3 cm³/mol. The van der Waals surface area contributed by atoms with E-state index in [0.29, 0.717) is 18.4 Å². The topological polar surface area (TPSA) is 66.6 Å². The largest absolute Gasteiger partial charge is 0.478 e.